The van der Waals surface area contributed by atoms with E-state index in [9.17, 15) is 9.59 Å². The first-order valence-electron chi connectivity index (χ1n) is 9.31. The topological polar surface area (TPSA) is 55.8 Å². The Kier molecular flexibility index (Phi) is 6.60. The highest BCUT2D eigenvalue weighted by Gasteiger charge is 2.43. The molecule has 2 aromatic rings. The van der Waals surface area contributed by atoms with Crippen molar-refractivity contribution in [3.05, 3.63) is 71.8 Å². The van der Waals surface area contributed by atoms with Gasteiger partial charge in [0.05, 0.1) is 18.4 Å². The summed E-state index contributed by atoms with van der Waals surface area (Å²) in [5, 5.41) is 0. The van der Waals surface area contributed by atoms with Crippen molar-refractivity contribution in [2.45, 2.75) is 20.1 Å². The van der Waals surface area contributed by atoms with Crippen molar-refractivity contribution < 1.29 is 19.1 Å². The molecule has 1 saturated heterocycles. The third-order valence-corrected chi connectivity index (χ3v) is 4.76. The highest BCUT2D eigenvalue weighted by Crippen LogP contribution is 2.27. The zero-order valence-electron chi connectivity index (χ0n) is 15.5. The van der Waals surface area contributed by atoms with Crippen molar-refractivity contribution in [3.63, 3.8) is 0 Å². The van der Waals surface area contributed by atoms with Gasteiger partial charge < -0.3 is 9.47 Å². The second-order valence-electron chi connectivity index (χ2n) is 6.74. The number of esters is 2. The zero-order chi connectivity index (χ0) is 19.1. The molecule has 0 N–H and O–H groups in total. The molecule has 142 valence electrons. The summed E-state index contributed by atoms with van der Waals surface area (Å²) in [7, 11) is 0. The Morgan fingerprint density at radius 3 is 1.93 bits per heavy atom. The number of carbonyl (C=O) groups excluding carboxylic acids is 2. The van der Waals surface area contributed by atoms with Gasteiger partial charge in [-0.05, 0) is 18.1 Å². The van der Waals surface area contributed by atoms with Crippen molar-refractivity contribution in [3.8, 4) is 0 Å². The number of rotatable bonds is 7. The van der Waals surface area contributed by atoms with Crippen LogP contribution in [0.1, 0.15) is 18.1 Å². The summed E-state index contributed by atoms with van der Waals surface area (Å²) in [4.78, 5) is 27.2. The van der Waals surface area contributed by atoms with Crippen molar-refractivity contribution in [2.75, 3.05) is 19.7 Å². The summed E-state index contributed by atoms with van der Waals surface area (Å²) < 4.78 is 10.7. The average Bonchev–Trinajstić information content (AvgIpc) is 3.12. The Balaban J connectivity index is 1.65. The number of likely N-dealkylation sites (tertiary alicyclic amines) is 1. The number of hydrogen-bond acceptors (Lipinski definition) is 5. The second-order valence-corrected chi connectivity index (χ2v) is 6.74. The monoisotopic (exact) mass is 367 g/mol. The molecule has 5 heteroatoms. The molecule has 2 unspecified atom stereocenters. The fourth-order valence-electron chi connectivity index (χ4n) is 3.42. The van der Waals surface area contributed by atoms with Crippen LogP contribution in [0, 0.1) is 11.8 Å². The quantitative estimate of drug-likeness (QED) is 0.704. The van der Waals surface area contributed by atoms with Crippen LogP contribution in [0.4, 0.5) is 0 Å². The molecule has 2 aromatic carbocycles. The van der Waals surface area contributed by atoms with Crippen LogP contribution in [-0.4, -0.2) is 36.5 Å². The van der Waals surface area contributed by atoms with Crippen LogP contribution >= 0.6 is 0 Å². The van der Waals surface area contributed by atoms with Gasteiger partial charge in [-0.1, -0.05) is 60.7 Å². The van der Waals surface area contributed by atoms with Gasteiger partial charge in [0.1, 0.15) is 6.61 Å². The fraction of sp³-hybridized carbons (Fsp3) is 0.364. The van der Waals surface area contributed by atoms with E-state index in [-0.39, 0.29) is 18.5 Å². The highest BCUT2D eigenvalue weighted by molar-refractivity contribution is 5.83. The molecule has 1 heterocycles. The van der Waals surface area contributed by atoms with E-state index in [1.54, 1.807) is 6.92 Å². The molecule has 2 atom stereocenters. The minimum absolute atomic E-state index is 0.213. The third kappa shape index (κ3) is 5.17. The van der Waals surface area contributed by atoms with E-state index in [4.69, 9.17) is 9.47 Å². The number of carbonyl (C=O) groups is 2. The van der Waals surface area contributed by atoms with Crippen molar-refractivity contribution in [1.82, 2.24) is 4.90 Å². The maximum Gasteiger partial charge on any atom is 0.311 e. The predicted molar refractivity (Wildman–Crippen MR) is 102 cm³/mol. The molecule has 0 saturated carbocycles. The third-order valence-electron chi connectivity index (χ3n) is 4.76. The van der Waals surface area contributed by atoms with Gasteiger partial charge in [0.15, 0.2) is 0 Å². The second kappa shape index (κ2) is 9.33. The maximum atomic E-state index is 12.7. The lowest BCUT2D eigenvalue weighted by Crippen LogP contribution is -2.31. The van der Waals surface area contributed by atoms with Gasteiger partial charge in [-0.25, -0.2) is 0 Å². The molecular weight excluding hydrogens is 342 g/mol. The summed E-state index contributed by atoms with van der Waals surface area (Å²) in [5.74, 6) is -1.66. The molecule has 5 nitrogen and oxygen atoms in total. The number of benzene rings is 2. The Bertz CT molecular complexity index is 747. The van der Waals surface area contributed by atoms with Crippen molar-refractivity contribution >= 4 is 11.9 Å². The van der Waals surface area contributed by atoms with Crippen LogP contribution in [-0.2, 0) is 32.2 Å². The van der Waals surface area contributed by atoms with Crippen molar-refractivity contribution in [2.24, 2.45) is 11.8 Å². The molecule has 0 aromatic heterocycles. The SMILES string of the molecule is CCOC(=O)C1CN(Cc2ccccc2)CC1C(=O)OCc1ccccc1. The zero-order valence-corrected chi connectivity index (χ0v) is 15.5. The van der Waals surface area contributed by atoms with Gasteiger partial charge >= 0.3 is 11.9 Å². The van der Waals surface area contributed by atoms with Crippen LogP contribution in [0.2, 0.25) is 0 Å². The first-order valence-corrected chi connectivity index (χ1v) is 9.31. The molecule has 0 amide bonds. The summed E-state index contributed by atoms with van der Waals surface area (Å²) >= 11 is 0. The standard InChI is InChI=1S/C22H25NO4/c1-2-26-21(24)19-14-23(13-17-9-5-3-6-10-17)15-20(19)22(25)27-16-18-11-7-4-8-12-18/h3-12,19-20H,2,13-16H2,1H3. The molecule has 1 aliphatic heterocycles. The largest absolute Gasteiger partial charge is 0.466 e. The van der Waals surface area contributed by atoms with Crippen molar-refractivity contribution in [1.29, 1.82) is 0 Å². The highest BCUT2D eigenvalue weighted by atomic mass is 16.5. The lowest BCUT2D eigenvalue weighted by molar-refractivity contribution is -0.159. The number of ether oxygens (including phenoxy) is 2. The van der Waals surface area contributed by atoms with E-state index in [1.165, 1.54) is 0 Å². The van der Waals surface area contributed by atoms with Crippen LogP contribution in [0.3, 0.4) is 0 Å². The Morgan fingerprint density at radius 1 is 0.852 bits per heavy atom. The summed E-state index contributed by atoms with van der Waals surface area (Å²) in [6.07, 6.45) is 0. The lowest BCUT2D eigenvalue weighted by atomic mass is 9.96. The lowest BCUT2D eigenvalue weighted by Gasteiger charge is -2.16. The van der Waals surface area contributed by atoms with Crippen LogP contribution in [0.25, 0.3) is 0 Å². The van der Waals surface area contributed by atoms with Gasteiger partial charge in [0, 0.05) is 19.6 Å². The molecule has 0 spiro atoms. The molecule has 1 fully saturated rings. The normalized spacial score (nSPS) is 19.6. The van der Waals surface area contributed by atoms with Crippen LogP contribution in [0.15, 0.2) is 60.7 Å². The average molecular weight is 367 g/mol. The summed E-state index contributed by atoms with van der Waals surface area (Å²) in [6, 6.07) is 19.6. The van der Waals surface area contributed by atoms with Crippen LogP contribution < -0.4 is 0 Å². The molecular formula is C22H25NO4. The van der Waals surface area contributed by atoms with Gasteiger partial charge in [0.2, 0.25) is 0 Å². The predicted octanol–water partition coefficient (Wildman–Crippen LogP) is 3.04. The minimum Gasteiger partial charge on any atom is -0.466 e. The summed E-state index contributed by atoms with van der Waals surface area (Å²) in [5.41, 5.74) is 2.08. The van der Waals surface area contributed by atoms with E-state index >= 15 is 0 Å². The molecule has 1 aliphatic rings. The molecule has 0 radical (unpaired) electrons. The van der Waals surface area contributed by atoms with E-state index < -0.39 is 11.8 Å². The fourth-order valence-corrected chi connectivity index (χ4v) is 3.42. The van der Waals surface area contributed by atoms with E-state index in [0.29, 0.717) is 26.2 Å². The minimum atomic E-state index is -0.503. The first kappa shape index (κ1) is 19.1. The van der Waals surface area contributed by atoms with Gasteiger partial charge in [-0.3, -0.25) is 14.5 Å². The van der Waals surface area contributed by atoms with E-state index in [2.05, 4.69) is 4.90 Å². The molecule has 3 rings (SSSR count). The van der Waals surface area contributed by atoms with Gasteiger partial charge in [-0.2, -0.15) is 0 Å². The summed E-state index contributed by atoms with van der Waals surface area (Å²) in [6.45, 7) is 3.98. The van der Waals surface area contributed by atoms with Gasteiger partial charge in [0.25, 0.3) is 0 Å². The van der Waals surface area contributed by atoms with E-state index in [1.807, 2.05) is 60.7 Å². The molecule has 27 heavy (non-hydrogen) atoms. The van der Waals surface area contributed by atoms with E-state index in [0.717, 1.165) is 11.1 Å². The maximum absolute atomic E-state index is 12.7. The Hall–Kier alpha value is -2.66. The number of hydrogen-bond donors (Lipinski definition) is 0. The Labute approximate surface area is 159 Å². The molecule has 0 bridgehead atoms. The Morgan fingerprint density at radius 2 is 1.37 bits per heavy atom. The smallest absolute Gasteiger partial charge is 0.311 e. The molecule has 0 aliphatic carbocycles. The number of nitrogens with zero attached hydrogens (tertiary/aromatic N) is 1. The first-order chi connectivity index (χ1) is 13.2. The van der Waals surface area contributed by atoms with Gasteiger partial charge in [-0.15, -0.1) is 0 Å². The van der Waals surface area contributed by atoms with Crippen LogP contribution in [0.5, 0.6) is 0 Å².